The number of hydrogen-bond acceptors (Lipinski definition) is 5. The predicted octanol–water partition coefficient (Wildman–Crippen LogP) is 3.23. The molecule has 0 aromatic heterocycles. The van der Waals surface area contributed by atoms with Crippen molar-refractivity contribution in [1.29, 1.82) is 0 Å². The van der Waals surface area contributed by atoms with Gasteiger partial charge in [-0.15, -0.1) is 0 Å². The van der Waals surface area contributed by atoms with Crippen LogP contribution in [0.15, 0.2) is 41.3 Å². The summed E-state index contributed by atoms with van der Waals surface area (Å²) in [5, 5.41) is 6.17. The number of methoxy groups -OCH3 is 1. The van der Waals surface area contributed by atoms with E-state index in [0.29, 0.717) is 16.8 Å². The Balaban J connectivity index is 1.84. The SMILES string of the molecule is COc1cc(NC(=O)c2ccccc2C)c(C)cc1S(=O)(=O)N[C@H](C)C1CCNCC1. The van der Waals surface area contributed by atoms with Crippen LogP contribution < -0.4 is 20.1 Å². The summed E-state index contributed by atoms with van der Waals surface area (Å²) >= 11 is 0. The molecular weight excluding hydrogens is 414 g/mol. The molecule has 2 aromatic rings. The van der Waals surface area contributed by atoms with E-state index < -0.39 is 10.0 Å². The molecule has 1 aliphatic rings. The van der Waals surface area contributed by atoms with Gasteiger partial charge >= 0.3 is 0 Å². The molecule has 0 spiro atoms. The van der Waals surface area contributed by atoms with Gasteiger partial charge < -0.3 is 15.4 Å². The lowest BCUT2D eigenvalue weighted by Gasteiger charge is -2.29. The molecular formula is C23H31N3O4S. The normalized spacial score (nSPS) is 16.0. The molecule has 168 valence electrons. The zero-order valence-corrected chi connectivity index (χ0v) is 19.3. The van der Waals surface area contributed by atoms with Crippen molar-refractivity contribution in [3.05, 3.63) is 53.1 Å². The maximum atomic E-state index is 13.1. The number of benzene rings is 2. The molecule has 1 fully saturated rings. The van der Waals surface area contributed by atoms with Crippen LogP contribution in [-0.2, 0) is 10.0 Å². The van der Waals surface area contributed by atoms with Gasteiger partial charge in [0.2, 0.25) is 10.0 Å². The highest BCUT2D eigenvalue weighted by atomic mass is 32.2. The van der Waals surface area contributed by atoms with E-state index in [2.05, 4.69) is 15.4 Å². The Hall–Kier alpha value is -2.42. The number of carbonyl (C=O) groups is 1. The molecule has 2 aromatic carbocycles. The highest BCUT2D eigenvalue weighted by molar-refractivity contribution is 7.89. The first kappa shape index (κ1) is 23.2. The summed E-state index contributed by atoms with van der Waals surface area (Å²) in [6.07, 6.45) is 1.87. The lowest BCUT2D eigenvalue weighted by Crippen LogP contribution is -2.42. The van der Waals surface area contributed by atoms with Crippen LogP contribution in [0.1, 0.15) is 41.3 Å². The zero-order valence-electron chi connectivity index (χ0n) is 18.5. The summed E-state index contributed by atoms with van der Waals surface area (Å²) < 4.78 is 34.4. The topological polar surface area (TPSA) is 96.5 Å². The smallest absolute Gasteiger partial charge is 0.255 e. The minimum atomic E-state index is -3.79. The third-order valence-corrected chi connectivity index (χ3v) is 7.45. The quantitative estimate of drug-likeness (QED) is 0.608. The van der Waals surface area contributed by atoms with Gasteiger partial charge in [0.25, 0.3) is 5.91 Å². The largest absolute Gasteiger partial charge is 0.495 e. The van der Waals surface area contributed by atoms with Gasteiger partial charge in [0.15, 0.2) is 0 Å². The van der Waals surface area contributed by atoms with Crippen molar-refractivity contribution in [2.45, 2.75) is 44.6 Å². The summed E-state index contributed by atoms with van der Waals surface area (Å²) in [6, 6.07) is 10.2. The zero-order chi connectivity index (χ0) is 22.6. The summed E-state index contributed by atoms with van der Waals surface area (Å²) in [6.45, 7) is 7.34. The lowest BCUT2D eigenvalue weighted by molar-refractivity contribution is 0.102. The minimum absolute atomic E-state index is 0.0715. The van der Waals surface area contributed by atoms with Crippen molar-refractivity contribution in [1.82, 2.24) is 10.0 Å². The second-order valence-electron chi connectivity index (χ2n) is 8.08. The number of carbonyl (C=O) groups excluding carboxylic acids is 1. The third-order valence-electron chi connectivity index (χ3n) is 5.87. The fourth-order valence-electron chi connectivity index (χ4n) is 3.93. The van der Waals surface area contributed by atoms with Gasteiger partial charge in [0.1, 0.15) is 10.6 Å². The van der Waals surface area contributed by atoms with Gasteiger partial charge in [0, 0.05) is 23.4 Å². The molecule has 1 saturated heterocycles. The molecule has 3 N–H and O–H groups in total. The van der Waals surface area contributed by atoms with E-state index in [-0.39, 0.29) is 28.5 Å². The number of piperidine rings is 1. The molecule has 3 rings (SSSR count). The van der Waals surface area contributed by atoms with Crippen LogP contribution in [0, 0.1) is 19.8 Å². The Morgan fingerprint density at radius 2 is 1.81 bits per heavy atom. The first-order valence-electron chi connectivity index (χ1n) is 10.5. The van der Waals surface area contributed by atoms with E-state index >= 15 is 0 Å². The van der Waals surface area contributed by atoms with Crippen molar-refractivity contribution >= 4 is 21.6 Å². The first-order chi connectivity index (χ1) is 14.7. The van der Waals surface area contributed by atoms with E-state index in [1.807, 2.05) is 26.0 Å². The number of sulfonamides is 1. The Kier molecular flexibility index (Phi) is 7.35. The number of aryl methyl sites for hydroxylation is 2. The van der Waals surface area contributed by atoms with Gasteiger partial charge in [0.05, 0.1) is 7.11 Å². The van der Waals surface area contributed by atoms with Crippen molar-refractivity contribution in [2.75, 3.05) is 25.5 Å². The molecule has 1 aliphatic heterocycles. The van der Waals surface area contributed by atoms with E-state index in [1.54, 1.807) is 31.2 Å². The maximum absolute atomic E-state index is 13.1. The number of hydrogen-bond donors (Lipinski definition) is 3. The van der Waals surface area contributed by atoms with Crippen LogP contribution in [-0.4, -0.2) is 40.6 Å². The van der Waals surface area contributed by atoms with Crippen LogP contribution in [0.3, 0.4) is 0 Å². The molecule has 8 heteroatoms. The minimum Gasteiger partial charge on any atom is -0.495 e. The summed E-state index contributed by atoms with van der Waals surface area (Å²) in [4.78, 5) is 12.8. The van der Waals surface area contributed by atoms with Crippen molar-refractivity contribution in [2.24, 2.45) is 5.92 Å². The molecule has 0 bridgehead atoms. The number of ether oxygens (including phenoxy) is 1. The number of rotatable bonds is 7. The van der Waals surface area contributed by atoms with Crippen molar-refractivity contribution in [3.63, 3.8) is 0 Å². The monoisotopic (exact) mass is 445 g/mol. The summed E-state index contributed by atoms with van der Waals surface area (Å²) in [5.41, 5.74) is 2.57. The van der Waals surface area contributed by atoms with Crippen molar-refractivity contribution < 1.29 is 17.9 Å². The Morgan fingerprint density at radius 3 is 2.45 bits per heavy atom. The van der Waals surface area contributed by atoms with E-state index in [9.17, 15) is 13.2 Å². The van der Waals surface area contributed by atoms with E-state index in [1.165, 1.54) is 7.11 Å². The van der Waals surface area contributed by atoms with Gasteiger partial charge in [-0.05, 0) is 75.9 Å². The Labute approximate surface area is 184 Å². The third kappa shape index (κ3) is 5.44. The van der Waals surface area contributed by atoms with Crippen molar-refractivity contribution in [3.8, 4) is 5.75 Å². The number of amides is 1. The summed E-state index contributed by atoms with van der Waals surface area (Å²) in [5.74, 6) is 0.225. The molecule has 0 saturated carbocycles. The van der Waals surface area contributed by atoms with Crippen LogP contribution in [0.25, 0.3) is 0 Å². The highest BCUT2D eigenvalue weighted by Gasteiger charge is 2.28. The Bertz CT molecular complexity index is 1050. The van der Waals surface area contributed by atoms with Crippen LogP contribution in [0.4, 0.5) is 5.69 Å². The average molecular weight is 446 g/mol. The molecule has 0 aliphatic carbocycles. The molecule has 1 amide bonds. The van der Waals surface area contributed by atoms with Gasteiger partial charge in [-0.1, -0.05) is 18.2 Å². The van der Waals surface area contributed by atoms with E-state index in [0.717, 1.165) is 31.5 Å². The molecule has 7 nitrogen and oxygen atoms in total. The first-order valence-corrected chi connectivity index (χ1v) is 12.0. The highest BCUT2D eigenvalue weighted by Crippen LogP contribution is 2.31. The van der Waals surface area contributed by atoms with Crippen LogP contribution >= 0.6 is 0 Å². The molecule has 0 radical (unpaired) electrons. The van der Waals surface area contributed by atoms with Gasteiger partial charge in [-0.25, -0.2) is 13.1 Å². The Morgan fingerprint density at radius 1 is 1.13 bits per heavy atom. The average Bonchev–Trinajstić information content (AvgIpc) is 2.75. The second kappa shape index (κ2) is 9.80. The van der Waals surface area contributed by atoms with Crippen LogP contribution in [0.5, 0.6) is 5.75 Å². The molecule has 31 heavy (non-hydrogen) atoms. The summed E-state index contributed by atoms with van der Waals surface area (Å²) in [7, 11) is -2.36. The standard InChI is InChI=1S/C23H31N3O4S/c1-15-7-5-6-8-19(15)23(27)25-20-14-21(30-4)22(13-16(20)2)31(28,29)26-17(3)18-9-11-24-12-10-18/h5-8,13-14,17-18,24,26H,9-12H2,1-4H3,(H,25,27)/t17-/m1/s1. The van der Waals surface area contributed by atoms with Gasteiger partial charge in [-0.3, -0.25) is 4.79 Å². The van der Waals surface area contributed by atoms with Gasteiger partial charge in [-0.2, -0.15) is 0 Å². The second-order valence-corrected chi connectivity index (χ2v) is 9.77. The fourth-order valence-corrected chi connectivity index (χ4v) is 5.48. The molecule has 0 unspecified atom stereocenters. The lowest BCUT2D eigenvalue weighted by atomic mass is 9.92. The predicted molar refractivity (Wildman–Crippen MR) is 122 cm³/mol. The number of anilines is 1. The molecule has 1 heterocycles. The van der Waals surface area contributed by atoms with Crippen LogP contribution in [0.2, 0.25) is 0 Å². The number of nitrogens with one attached hydrogen (secondary N) is 3. The maximum Gasteiger partial charge on any atom is 0.255 e. The fraction of sp³-hybridized carbons (Fsp3) is 0.435. The molecule has 1 atom stereocenters. The van der Waals surface area contributed by atoms with E-state index in [4.69, 9.17) is 4.74 Å².